The van der Waals surface area contributed by atoms with E-state index in [1.807, 2.05) is 18.2 Å². The third-order valence-electron chi connectivity index (χ3n) is 1.78. The van der Waals surface area contributed by atoms with E-state index >= 15 is 0 Å². The van der Waals surface area contributed by atoms with Crippen LogP contribution in [-0.2, 0) is 4.74 Å². The highest BCUT2D eigenvalue weighted by atomic mass is 16.5. The molecule has 1 rings (SSSR count). The number of ketones is 1. The fraction of sp³-hybridized carbons (Fsp3) is 0.300. The average molecular weight is 164 g/mol. The molecule has 1 aromatic carbocycles. The van der Waals surface area contributed by atoms with Crippen molar-refractivity contribution in [3.05, 3.63) is 35.9 Å². The summed E-state index contributed by atoms with van der Waals surface area (Å²) in [5.41, 5.74) is 0.701. The lowest BCUT2D eigenvalue weighted by molar-refractivity contribution is 0.0655. The molecular formula is C10H12O2. The fourth-order valence-corrected chi connectivity index (χ4v) is 0.944. The number of hydrogen-bond acceptors (Lipinski definition) is 2. The van der Waals surface area contributed by atoms with Crippen LogP contribution >= 0.6 is 0 Å². The third kappa shape index (κ3) is 1.92. The standard InChI is InChI=1S/C10H12O2/c1-8(12-2)10(11)9-6-4-3-5-7-9/h3-8H,1-2H3. The Balaban J connectivity index is 2.79. The monoisotopic (exact) mass is 164 g/mol. The predicted molar refractivity (Wildman–Crippen MR) is 47.2 cm³/mol. The van der Waals surface area contributed by atoms with Crippen molar-refractivity contribution in [2.24, 2.45) is 0 Å². The van der Waals surface area contributed by atoms with Crippen LogP contribution in [0, 0.1) is 0 Å². The minimum atomic E-state index is -0.354. The maximum absolute atomic E-state index is 11.5. The highest BCUT2D eigenvalue weighted by molar-refractivity contribution is 5.99. The van der Waals surface area contributed by atoms with Gasteiger partial charge in [0.15, 0.2) is 5.78 Å². The van der Waals surface area contributed by atoms with E-state index in [4.69, 9.17) is 4.74 Å². The summed E-state index contributed by atoms with van der Waals surface area (Å²) >= 11 is 0. The lowest BCUT2D eigenvalue weighted by atomic mass is 10.1. The molecule has 2 heteroatoms. The molecule has 0 aliphatic rings. The quantitative estimate of drug-likeness (QED) is 0.638. The van der Waals surface area contributed by atoms with Crippen LogP contribution in [0.5, 0.6) is 0 Å². The van der Waals surface area contributed by atoms with E-state index in [1.54, 1.807) is 19.1 Å². The normalized spacial score (nSPS) is 12.5. The first-order chi connectivity index (χ1) is 5.75. The smallest absolute Gasteiger partial charge is 0.191 e. The van der Waals surface area contributed by atoms with Gasteiger partial charge in [0, 0.05) is 12.7 Å². The van der Waals surface area contributed by atoms with Gasteiger partial charge in [0.2, 0.25) is 0 Å². The lowest BCUT2D eigenvalue weighted by Gasteiger charge is -2.07. The summed E-state index contributed by atoms with van der Waals surface area (Å²) in [6.45, 7) is 1.75. The Morgan fingerprint density at radius 2 is 1.92 bits per heavy atom. The molecule has 0 saturated heterocycles. The summed E-state index contributed by atoms with van der Waals surface area (Å²) in [6, 6.07) is 9.15. The van der Waals surface area contributed by atoms with Crippen molar-refractivity contribution in [1.29, 1.82) is 0 Å². The van der Waals surface area contributed by atoms with Gasteiger partial charge in [0.25, 0.3) is 0 Å². The highest BCUT2D eigenvalue weighted by Gasteiger charge is 2.12. The van der Waals surface area contributed by atoms with Gasteiger partial charge in [-0.25, -0.2) is 0 Å². The topological polar surface area (TPSA) is 26.3 Å². The van der Waals surface area contributed by atoms with Gasteiger partial charge in [0.1, 0.15) is 6.10 Å². The molecule has 0 fully saturated rings. The van der Waals surface area contributed by atoms with E-state index in [0.29, 0.717) is 5.56 Å². The zero-order valence-electron chi connectivity index (χ0n) is 7.28. The molecule has 64 valence electrons. The van der Waals surface area contributed by atoms with Gasteiger partial charge in [-0.1, -0.05) is 30.3 Å². The second-order valence-electron chi connectivity index (χ2n) is 2.61. The molecule has 0 radical (unpaired) electrons. The second kappa shape index (κ2) is 4.02. The van der Waals surface area contributed by atoms with Crippen molar-refractivity contribution in [3.8, 4) is 0 Å². The van der Waals surface area contributed by atoms with E-state index < -0.39 is 0 Å². The van der Waals surface area contributed by atoms with Crippen molar-refractivity contribution in [2.75, 3.05) is 7.11 Å². The summed E-state index contributed by atoms with van der Waals surface area (Å²) in [4.78, 5) is 11.5. The van der Waals surface area contributed by atoms with Crippen molar-refractivity contribution in [2.45, 2.75) is 13.0 Å². The largest absolute Gasteiger partial charge is 0.374 e. The molecule has 12 heavy (non-hydrogen) atoms. The highest BCUT2D eigenvalue weighted by Crippen LogP contribution is 2.04. The summed E-state index contributed by atoms with van der Waals surface area (Å²) < 4.78 is 4.92. The fourth-order valence-electron chi connectivity index (χ4n) is 0.944. The Morgan fingerprint density at radius 3 is 2.42 bits per heavy atom. The molecule has 0 saturated carbocycles. The Labute approximate surface area is 72.2 Å². The van der Waals surface area contributed by atoms with Gasteiger partial charge in [-0.2, -0.15) is 0 Å². The minimum Gasteiger partial charge on any atom is -0.374 e. The predicted octanol–water partition coefficient (Wildman–Crippen LogP) is 1.90. The molecule has 0 amide bonds. The molecule has 0 heterocycles. The first kappa shape index (κ1) is 8.94. The maximum Gasteiger partial charge on any atom is 0.191 e. The van der Waals surface area contributed by atoms with Crippen LogP contribution in [0.3, 0.4) is 0 Å². The molecule has 1 unspecified atom stereocenters. The zero-order chi connectivity index (χ0) is 8.97. The summed E-state index contributed by atoms with van der Waals surface area (Å²) in [5, 5.41) is 0. The molecule has 0 aromatic heterocycles. The molecule has 1 atom stereocenters. The van der Waals surface area contributed by atoms with Gasteiger partial charge in [-0.3, -0.25) is 4.79 Å². The van der Waals surface area contributed by atoms with Gasteiger partial charge in [-0.15, -0.1) is 0 Å². The van der Waals surface area contributed by atoms with Crippen LogP contribution in [0.2, 0.25) is 0 Å². The minimum absolute atomic E-state index is 0.0260. The van der Waals surface area contributed by atoms with Crippen molar-refractivity contribution in [3.63, 3.8) is 0 Å². The molecule has 0 bridgehead atoms. The summed E-state index contributed by atoms with van der Waals surface area (Å²) in [5.74, 6) is 0.0260. The number of carbonyl (C=O) groups excluding carboxylic acids is 1. The SMILES string of the molecule is COC(C)C(=O)c1ccccc1. The number of methoxy groups -OCH3 is 1. The Hall–Kier alpha value is -1.15. The van der Waals surface area contributed by atoms with Crippen LogP contribution in [0.25, 0.3) is 0 Å². The number of rotatable bonds is 3. The Morgan fingerprint density at radius 1 is 1.33 bits per heavy atom. The Kier molecular flexibility index (Phi) is 3.00. The number of Topliss-reactive ketones (excluding diaryl/α,β-unsaturated/α-hetero) is 1. The van der Waals surface area contributed by atoms with Crippen LogP contribution in [-0.4, -0.2) is 19.0 Å². The second-order valence-corrected chi connectivity index (χ2v) is 2.61. The van der Waals surface area contributed by atoms with E-state index in [1.165, 1.54) is 7.11 Å². The average Bonchev–Trinajstić information content (AvgIpc) is 2.17. The van der Waals surface area contributed by atoms with Crippen LogP contribution in [0.1, 0.15) is 17.3 Å². The van der Waals surface area contributed by atoms with Crippen molar-refractivity contribution >= 4 is 5.78 Å². The molecule has 0 aliphatic heterocycles. The first-order valence-electron chi connectivity index (χ1n) is 3.87. The number of benzene rings is 1. The maximum atomic E-state index is 11.5. The van der Waals surface area contributed by atoms with Crippen LogP contribution < -0.4 is 0 Å². The molecule has 0 aliphatic carbocycles. The zero-order valence-corrected chi connectivity index (χ0v) is 7.28. The van der Waals surface area contributed by atoms with Crippen molar-refractivity contribution < 1.29 is 9.53 Å². The van der Waals surface area contributed by atoms with Crippen molar-refractivity contribution in [1.82, 2.24) is 0 Å². The number of carbonyl (C=O) groups is 1. The number of ether oxygens (including phenoxy) is 1. The van der Waals surface area contributed by atoms with E-state index in [0.717, 1.165) is 0 Å². The van der Waals surface area contributed by atoms with Crippen LogP contribution in [0.15, 0.2) is 30.3 Å². The third-order valence-corrected chi connectivity index (χ3v) is 1.78. The van der Waals surface area contributed by atoms with Gasteiger partial charge >= 0.3 is 0 Å². The van der Waals surface area contributed by atoms with E-state index in [9.17, 15) is 4.79 Å². The first-order valence-corrected chi connectivity index (χ1v) is 3.87. The Bertz CT molecular complexity index is 254. The van der Waals surface area contributed by atoms with Gasteiger partial charge < -0.3 is 4.74 Å². The molecular weight excluding hydrogens is 152 g/mol. The van der Waals surface area contributed by atoms with E-state index in [2.05, 4.69) is 0 Å². The molecule has 2 nitrogen and oxygen atoms in total. The molecule has 1 aromatic rings. The lowest BCUT2D eigenvalue weighted by Crippen LogP contribution is -2.18. The number of hydrogen-bond donors (Lipinski definition) is 0. The van der Waals surface area contributed by atoms with Gasteiger partial charge in [-0.05, 0) is 6.92 Å². The van der Waals surface area contributed by atoms with Gasteiger partial charge in [0.05, 0.1) is 0 Å². The summed E-state index contributed by atoms with van der Waals surface area (Å²) in [6.07, 6.45) is -0.354. The molecule has 0 spiro atoms. The van der Waals surface area contributed by atoms with Crippen LogP contribution in [0.4, 0.5) is 0 Å². The summed E-state index contributed by atoms with van der Waals surface area (Å²) in [7, 11) is 1.53. The van der Waals surface area contributed by atoms with E-state index in [-0.39, 0.29) is 11.9 Å². The molecule has 0 N–H and O–H groups in total.